The lowest BCUT2D eigenvalue weighted by Gasteiger charge is -2.23. The van der Waals surface area contributed by atoms with Crippen molar-refractivity contribution >= 4 is 12.1 Å². The molecule has 0 aliphatic carbocycles. The zero-order valence-electron chi connectivity index (χ0n) is 18.4. The summed E-state index contributed by atoms with van der Waals surface area (Å²) >= 11 is 0. The normalized spacial score (nSPS) is 17.1. The molecule has 1 aromatic carbocycles. The zero-order chi connectivity index (χ0) is 21.4. The Balaban J connectivity index is 1.89. The molecular weight excluding hydrogens is 372 g/mol. The summed E-state index contributed by atoms with van der Waals surface area (Å²) in [6.45, 7) is 10.2. The van der Waals surface area contributed by atoms with Gasteiger partial charge in [0, 0.05) is 26.7 Å². The first-order chi connectivity index (χ1) is 13.8. The Bertz CT molecular complexity index is 715. The van der Waals surface area contributed by atoms with Crippen molar-refractivity contribution in [2.24, 2.45) is 4.99 Å². The molecule has 1 heterocycles. The number of rotatable bonds is 6. The van der Waals surface area contributed by atoms with Crippen LogP contribution in [0.5, 0.6) is 11.5 Å². The average Bonchev–Trinajstić information content (AvgIpc) is 3.10. The maximum Gasteiger partial charge on any atom is 0.407 e. The van der Waals surface area contributed by atoms with Crippen LogP contribution in [0.2, 0.25) is 0 Å². The van der Waals surface area contributed by atoms with Gasteiger partial charge in [-0.2, -0.15) is 0 Å². The second kappa shape index (κ2) is 10.2. The fraction of sp³-hybridized carbons (Fsp3) is 0.619. The number of likely N-dealkylation sites (tertiary alicyclic amines) is 1. The number of nitrogens with one attached hydrogen (secondary N) is 2. The number of carbonyl (C=O) groups is 1. The van der Waals surface area contributed by atoms with E-state index in [1.807, 2.05) is 45.9 Å². The van der Waals surface area contributed by atoms with Crippen molar-refractivity contribution in [2.45, 2.75) is 52.3 Å². The maximum atomic E-state index is 12.0. The molecule has 8 nitrogen and oxygen atoms in total. The van der Waals surface area contributed by atoms with E-state index in [1.165, 1.54) is 0 Å². The quantitative estimate of drug-likeness (QED) is 0.558. The van der Waals surface area contributed by atoms with Gasteiger partial charge >= 0.3 is 6.09 Å². The number of hydrogen-bond donors (Lipinski definition) is 2. The van der Waals surface area contributed by atoms with Crippen molar-refractivity contribution in [3.05, 3.63) is 23.8 Å². The Hall–Kier alpha value is -2.64. The number of aliphatic imine (C=N–C) groups is 1. The molecule has 2 rings (SSSR count). The van der Waals surface area contributed by atoms with Gasteiger partial charge in [0.15, 0.2) is 17.5 Å². The van der Waals surface area contributed by atoms with Gasteiger partial charge in [-0.15, -0.1) is 0 Å². The molecule has 0 saturated carbocycles. The molecule has 0 aromatic heterocycles. The van der Waals surface area contributed by atoms with Gasteiger partial charge in [0.05, 0.1) is 19.8 Å². The van der Waals surface area contributed by atoms with E-state index in [-0.39, 0.29) is 12.1 Å². The third-order valence-corrected chi connectivity index (χ3v) is 4.40. The minimum Gasteiger partial charge on any atom is -0.493 e. The molecule has 2 N–H and O–H groups in total. The monoisotopic (exact) mass is 406 g/mol. The second-order valence-electron chi connectivity index (χ2n) is 7.90. The highest BCUT2D eigenvalue weighted by atomic mass is 16.6. The molecule has 1 aliphatic rings. The maximum absolute atomic E-state index is 12.0. The van der Waals surface area contributed by atoms with Gasteiger partial charge < -0.3 is 29.7 Å². The molecule has 162 valence electrons. The largest absolute Gasteiger partial charge is 0.493 e. The Morgan fingerprint density at radius 3 is 2.69 bits per heavy atom. The van der Waals surface area contributed by atoms with Gasteiger partial charge in [-0.1, -0.05) is 6.07 Å². The molecule has 1 unspecified atom stereocenters. The van der Waals surface area contributed by atoms with Gasteiger partial charge in [-0.25, -0.2) is 4.79 Å². The van der Waals surface area contributed by atoms with Crippen LogP contribution in [-0.4, -0.2) is 62.4 Å². The number of ether oxygens (including phenoxy) is 3. The molecule has 1 aromatic rings. The average molecular weight is 407 g/mol. The summed E-state index contributed by atoms with van der Waals surface area (Å²) in [5.41, 5.74) is 0.563. The fourth-order valence-corrected chi connectivity index (χ4v) is 3.15. The Morgan fingerprint density at radius 2 is 2.07 bits per heavy atom. The van der Waals surface area contributed by atoms with Crippen LogP contribution < -0.4 is 20.1 Å². The molecule has 1 saturated heterocycles. The van der Waals surface area contributed by atoms with Crippen molar-refractivity contribution in [1.29, 1.82) is 0 Å². The third kappa shape index (κ3) is 7.03. The molecule has 1 aliphatic heterocycles. The van der Waals surface area contributed by atoms with E-state index in [0.29, 0.717) is 25.4 Å². The molecule has 1 atom stereocenters. The lowest BCUT2D eigenvalue weighted by Crippen LogP contribution is -2.44. The number of carbonyl (C=O) groups excluding carboxylic acids is 1. The SMILES string of the molecule is CCOc1ccc(CNC(=NC)N2CCC(NC(=O)OC(C)(C)C)C2)cc1OC. The molecule has 1 amide bonds. The molecular formula is C21H34N4O4. The van der Waals surface area contributed by atoms with Crippen LogP contribution in [0.25, 0.3) is 0 Å². The summed E-state index contributed by atoms with van der Waals surface area (Å²) in [6.07, 6.45) is 0.463. The summed E-state index contributed by atoms with van der Waals surface area (Å²) in [4.78, 5) is 18.5. The summed E-state index contributed by atoms with van der Waals surface area (Å²) in [5.74, 6) is 2.24. The number of amides is 1. The van der Waals surface area contributed by atoms with Gasteiger partial charge in [-0.05, 0) is 51.8 Å². The van der Waals surface area contributed by atoms with Crippen LogP contribution in [0, 0.1) is 0 Å². The van der Waals surface area contributed by atoms with Gasteiger partial charge in [0.2, 0.25) is 0 Å². The predicted molar refractivity (Wildman–Crippen MR) is 114 cm³/mol. The summed E-state index contributed by atoms with van der Waals surface area (Å²) < 4.78 is 16.3. The molecule has 8 heteroatoms. The first-order valence-electron chi connectivity index (χ1n) is 10.0. The minimum atomic E-state index is -0.501. The van der Waals surface area contributed by atoms with E-state index in [0.717, 1.165) is 30.2 Å². The number of hydrogen-bond acceptors (Lipinski definition) is 5. The Kier molecular flexibility index (Phi) is 7.99. The third-order valence-electron chi connectivity index (χ3n) is 4.40. The lowest BCUT2D eigenvalue weighted by atomic mass is 10.2. The van der Waals surface area contributed by atoms with Crippen molar-refractivity contribution in [2.75, 3.05) is 33.9 Å². The summed E-state index contributed by atoms with van der Waals surface area (Å²) in [7, 11) is 3.39. The van der Waals surface area contributed by atoms with Crippen LogP contribution in [-0.2, 0) is 11.3 Å². The number of alkyl carbamates (subject to hydrolysis) is 1. The number of methoxy groups -OCH3 is 1. The van der Waals surface area contributed by atoms with E-state index in [2.05, 4.69) is 20.5 Å². The molecule has 0 radical (unpaired) electrons. The van der Waals surface area contributed by atoms with E-state index in [1.54, 1.807) is 14.2 Å². The van der Waals surface area contributed by atoms with Crippen molar-refractivity contribution in [3.8, 4) is 11.5 Å². The second-order valence-corrected chi connectivity index (χ2v) is 7.90. The van der Waals surface area contributed by atoms with Crippen LogP contribution in [0.1, 0.15) is 39.7 Å². The van der Waals surface area contributed by atoms with Gasteiger partial charge in [0.1, 0.15) is 5.60 Å². The molecule has 0 bridgehead atoms. The lowest BCUT2D eigenvalue weighted by molar-refractivity contribution is 0.0507. The zero-order valence-corrected chi connectivity index (χ0v) is 18.4. The number of benzene rings is 1. The van der Waals surface area contributed by atoms with Crippen molar-refractivity contribution in [1.82, 2.24) is 15.5 Å². The summed E-state index contributed by atoms with van der Waals surface area (Å²) in [5, 5.41) is 6.31. The van der Waals surface area contributed by atoms with E-state index in [4.69, 9.17) is 14.2 Å². The van der Waals surface area contributed by atoms with Gasteiger partial charge in [0.25, 0.3) is 0 Å². The highest BCUT2D eigenvalue weighted by molar-refractivity contribution is 5.80. The number of nitrogens with zero attached hydrogens (tertiary/aromatic N) is 2. The summed E-state index contributed by atoms with van der Waals surface area (Å²) in [6, 6.07) is 5.92. The first-order valence-corrected chi connectivity index (χ1v) is 10.0. The van der Waals surface area contributed by atoms with Gasteiger partial charge in [-0.3, -0.25) is 4.99 Å². The number of guanidine groups is 1. The topological polar surface area (TPSA) is 84.4 Å². The fourth-order valence-electron chi connectivity index (χ4n) is 3.15. The molecule has 0 spiro atoms. The van der Waals surface area contributed by atoms with Crippen LogP contribution >= 0.6 is 0 Å². The Morgan fingerprint density at radius 1 is 1.31 bits per heavy atom. The first kappa shape index (κ1) is 22.6. The molecule has 1 fully saturated rings. The van der Waals surface area contributed by atoms with Crippen molar-refractivity contribution < 1.29 is 19.0 Å². The van der Waals surface area contributed by atoms with Crippen molar-refractivity contribution in [3.63, 3.8) is 0 Å². The smallest absolute Gasteiger partial charge is 0.407 e. The minimum absolute atomic E-state index is 0.0361. The van der Waals surface area contributed by atoms with E-state index >= 15 is 0 Å². The predicted octanol–water partition coefficient (Wildman–Crippen LogP) is 2.77. The van der Waals surface area contributed by atoms with Crippen LogP contribution in [0.3, 0.4) is 0 Å². The van der Waals surface area contributed by atoms with Crippen LogP contribution in [0.15, 0.2) is 23.2 Å². The van der Waals surface area contributed by atoms with E-state index in [9.17, 15) is 4.79 Å². The van der Waals surface area contributed by atoms with E-state index < -0.39 is 5.60 Å². The highest BCUT2D eigenvalue weighted by Gasteiger charge is 2.27. The van der Waals surface area contributed by atoms with Crippen LogP contribution in [0.4, 0.5) is 4.79 Å². The molecule has 29 heavy (non-hydrogen) atoms. The highest BCUT2D eigenvalue weighted by Crippen LogP contribution is 2.28. The standard InChI is InChI=1S/C21H34N4O4/c1-7-28-17-9-8-15(12-18(17)27-6)13-23-19(22-5)25-11-10-16(14-25)24-20(26)29-21(2,3)4/h8-9,12,16H,7,10-11,13-14H2,1-6H3,(H,22,23)(H,24,26). The Labute approximate surface area is 173 Å².